The van der Waals surface area contributed by atoms with Crippen LogP contribution in [0.5, 0.6) is 5.75 Å². The average Bonchev–Trinajstić information content (AvgIpc) is 3.76. The van der Waals surface area contributed by atoms with Crippen molar-refractivity contribution in [3.8, 4) is 11.8 Å². The second-order valence-electron chi connectivity index (χ2n) is 9.34. The molecule has 0 unspecified atom stereocenters. The smallest absolute Gasteiger partial charge is 0.475 e. The molecule has 2 aromatic carbocycles. The van der Waals surface area contributed by atoms with Crippen molar-refractivity contribution in [3.63, 3.8) is 0 Å². The molecule has 1 saturated heterocycles. The van der Waals surface area contributed by atoms with Crippen molar-refractivity contribution in [1.82, 2.24) is 14.3 Å². The number of aliphatic carboxylic acids is 1. The lowest BCUT2D eigenvalue weighted by atomic mass is 10.2. The number of benzene rings is 2. The Morgan fingerprint density at radius 1 is 0.977 bits per heavy atom. The average molecular weight is 633 g/mol. The number of halogens is 6. The van der Waals surface area contributed by atoms with Crippen molar-refractivity contribution in [1.29, 1.82) is 5.26 Å². The molecule has 2 N–H and O–H groups in total. The number of nitriles is 1. The Morgan fingerprint density at radius 2 is 1.58 bits per heavy atom. The fourth-order valence-corrected chi connectivity index (χ4v) is 5.38. The highest BCUT2D eigenvalue weighted by atomic mass is 32.2. The number of fused-ring (bicyclic) bond motifs is 1. The highest BCUT2D eigenvalue weighted by Crippen LogP contribution is 2.32. The van der Waals surface area contributed by atoms with E-state index in [4.69, 9.17) is 19.9 Å². The molecule has 0 atom stereocenters. The number of piperazine rings is 1. The van der Waals surface area contributed by atoms with Crippen LogP contribution in [0, 0.1) is 11.3 Å². The van der Waals surface area contributed by atoms with Gasteiger partial charge in [-0.3, -0.25) is 0 Å². The van der Waals surface area contributed by atoms with Crippen LogP contribution < -0.4 is 15.0 Å². The monoisotopic (exact) mass is 632 g/mol. The number of nitrogens with one attached hydrogen (secondary N) is 1. The summed E-state index contributed by atoms with van der Waals surface area (Å²) in [6.07, 6.45) is -7.87. The summed E-state index contributed by atoms with van der Waals surface area (Å²) >= 11 is 0. The number of carboxylic acid groups (broad SMARTS) is 1. The molecule has 1 saturated carbocycles. The number of rotatable bonds is 6. The molecular weight excluding hydrogens is 610 g/mol. The molecule has 18 heteroatoms. The lowest BCUT2D eigenvalue weighted by Crippen LogP contribution is -2.49. The van der Waals surface area contributed by atoms with E-state index < -0.39 is 34.3 Å². The normalized spacial score (nSPS) is 16.2. The van der Waals surface area contributed by atoms with Crippen LogP contribution in [0.1, 0.15) is 18.4 Å². The summed E-state index contributed by atoms with van der Waals surface area (Å²) in [5, 5.41) is 19.7. The number of nitrogens with zero attached hydrogens (tertiary/aromatic N) is 5. The van der Waals surface area contributed by atoms with Gasteiger partial charge in [0.1, 0.15) is 5.75 Å². The van der Waals surface area contributed by atoms with E-state index in [0.29, 0.717) is 47.4 Å². The van der Waals surface area contributed by atoms with Crippen LogP contribution in [0.25, 0.3) is 11.0 Å². The Labute approximate surface area is 240 Å². The van der Waals surface area contributed by atoms with Crippen LogP contribution >= 0.6 is 0 Å². The molecule has 0 spiro atoms. The van der Waals surface area contributed by atoms with Crippen LogP contribution in [0.2, 0.25) is 0 Å². The molecule has 5 rings (SSSR count). The van der Waals surface area contributed by atoms with Gasteiger partial charge in [-0.05, 0) is 55.3 Å². The van der Waals surface area contributed by atoms with Crippen LogP contribution in [0.3, 0.4) is 0 Å². The quantitative estimate of drug-likeness (QED) is 0.380. The highest BCUT2D eigenvalue weighted by molar-refractivity contribution is 7.89. The molecule has 1 aliphatic heterocycles. The number of anilines is 2. The molecule has 2 heterocycles. The molecule has 2 aliphatic rings. The van der Waals surface area contributed by atoms with E-state index in [-0.39, 0.29) is 18.0 Å². The zero-order valence-corrected chi connectivity index (χ0v) is 22.7. The van der Waals surface area contributed by atoms with Gasteiger partial charge in [0, 0.05) is 32.2 Å². The first kappa shape index (κ1) is 31.6. The Morgan fingerprint density at radius 3 is 2.09 bits per heavy atom. The van der Waals surface area contributed by atoms with E-state index in [1.807, 2.05) is 4.90 Å². The molecule has 0 radical (unpaired) electrons. The van der Waals surface area contributed by atoms with Crippen molar-refractivity contribution in [2.24, 2.45) is 0 Å². The Bertz CT molecular complexity index is 1630. The summed E-state index contributed by atoms with van der Waals surface area (Å²) in [6, 6.07) is 11.7. The minimum absolute atomic E-state index is 0.115. The highest BCUT2D eigenvalue weighted by Gasteiger charge is 2.38. The van der Waals surface area contributed by atoms with Gasteiger partial charge in [0.25, 0.3) is 0 Å². The van der Waals surface area contributed by atoms with Gasteiger partial charge in [-0.15, -0.1) is 13.2 Å². The van der Waals surface area contributed by atoms with Crippen molar-refractivity contribution >= 4 is 38.7 Å². The van der Waals surface area contributed by atoms with E-state index in [2.05, 4.69) is 16.1 Å². The molecule has 1 aliphatic carbocycles. The number of hydrogen-bond acceptors (Lipinski definition) is 9. The van der Waals surface area contributed by atoms with Crippen molar-refractivity contribution in [2.75, 3.05) is 36.4 Å². The Balaban J connectivity index is 0.000000541. The zero-order valence-electron chi connectivity index (χ0n) is 21.9. The molecule has 3 aromatic rings. The van der Waals surface area contributed by atoms with Gasteiger partial charge in [-0.25, -0.2) is 23.2 Å². The van der Waals surface area contributed by atoms with Gasteiger partial charge >= 0.3 is 18.5 Å². The Hall–Kier alpha value is -4.37. The zero-order chi connectivity index (χ0) is 31.6. The summed E-state index contributed by atoms with van der Waals surface area (Å²) in [4.78, 5) is 20.2. The number of aromatic nitrogens is 2. The number of alkyl halides is 6. The van der Waals surface area contributed by atoms with E-state index in [0.717, 1.165) is 37.1 Å². The maximum absolute atomic E-state index is 13.1. The van der Waals surface area contributed by atoms with Crippen LogP contribution in [-0.4, -0.2) is 78.5 Å². The third kappa shape index (κ3) is 8.14. The molecule has 0 bridgehead atoms. The summed E-state index contributed by atoms with van der Waals surface area (Å²) < 4.78 is 100. The van der Waals surface area contributed by atoms with Crippen molar-refractivity contribution in [2.45, 2.75) is 36.3 Å². The van der Waals surface area contributed by atoms with Crippen molar-refractivity contribution in [3.05, 3.63) is 48.0 Å². The number of carboxylic acids is 1. The second-order valence-corrected chi connectivity index (χ2v) is 11.3. The van der Waals surface area contributed by atoms with Gasteiger partial charge in [-0.1, -0.05) is 0 Å². The van der Waals surface area contributed by atoms with Crippen LogP contribution in [0.4, 0.5) is 38.0 Å². The van der Waals surface area contributed by atoms with E-state index in [9.17, 15) is 40.0 Å². The second kappa shape index (κ2) is 12.1. The maximum Gasteiger partial charge on any atom is 0.573 e. The maximum atomic E-state index is 13.1. The molecule has 230 valence electrons. The summed E-state index contributed by atoms with van der Waals surface area (Å²) in [7, 11) is -3.91. The van der Waals surface area contributed by atoms with Gasteiger partial charge in [0.2, 0.25) is 10.0 Å². The number of carbonyl (C=O) groups is 1. The Kier molecular flexibility index (Phi) is 8.87. The number of hydrogen-bond donors (Lipinski definition) is 2. The number of sulfonamides is 1. The van der Waals surface area contributed by atoms with Crippen LogP contribution in [0.15, 0.2) is 47.4 Å². The summed E-state index contributed by atoms with van der Waals surface area (Å²) in [5.41, 5.74) is 1.69. The minimum atomic E-state index is -5.08. The standard InChI is InChI=1S/C23H21F3N6O3S.C2HF3O2/c24-23(25,26)35-17-4-6-18(7-5-17)36(33,34)32-11-9-31(10-12-32)22-21(28-16-2-3-16)29-19-8-1-15(14-27)13-20(19)30-22;3-2(4,5)1(6)7/h1,4-8,13,16H,2-3,9-12H2,(H,28,29);(H,6,7). The van der Waals surface area contributed by atoms with E-state index in [1.165, 1.54) is 4.31 Å². The predicted molar refractivity (Wildman–Crippen MR) is 139 cm³/mol. The van der Waals surface area contributed by atoms with Crippen molar-refractivity contribution < 1.29 is 49.4 Å². The van der Waals surface area contributed by atoms with Crippen LogP contribution in [-0.2, 0) is 14.8 Å². The minimum Gasteiger partial charge on any atom is -0.475 e. The topological polar surface area (TPSA) is 149 Å². The largest absolute Gasteiger partial charge is 0.573 e. The van der Waals surface area contributed by atoms with E-state index in [1.54, 1.807) is 18.2 Å². The third-order valence-electron chi connectivity index (χ3n) is 6.17. The molecule has 1 aromatic heterocycles. The van der Waals surface area contributed by atoms with E-state index >= 15 is 0 Å². The summed E-state index contributed by atoms with van der Waals surface area (Å²) in [5.74, 6) is -2.04. The molecule has 43 heavy (non-hydrogen) atoms. The van der Waals surface area contributed by atoms with Gasteiger partial charge in [-0.2, -0.15) is 22.7 Å². The molecule has 11 nitrogen and oxygen atoms in total. The first-order valence-electron chi connectivity index (χ1n) is 12.5. The summed E-state index contributed by atoms with van der Waals surface area (Å²) in [6.45, 7) is 0.992. The van der Waals surface area contributed by atoms with Gasteiger partial charge < -0.3 is 20.1 Å². The lowest BCUT2D eigenvalue weighted by molar-refractivity contribution is -0.274. The van der Waals surface area contributed by atoms with Gasteiger partial charge in [0.05, 0.1) is 27.6 Å². The molecular formula is C25H22F6N6O5S. The lowest BCUT2D eigenvalue weighted by Gasteiger charge is -2.35. The number of ether oxygens (including phenoxy) is 1. The fraction of sp³-hybridized carbons (Fsp3) is 0.360. The molecule has 0 amide bonds. The van der Waals surface area contributed by atoms with Gasteiger partial charge in [0.15, 0.2) is 11.6 Å². The first-order valence-corrected chi connectivity index (χ1v) is 13.9. The SMILES string of the molecule is N#Cc1ccc2nc(NC3CC3)c(N3CCN(S(=O)(=O)c4ccc(OC(F)(F)F)cc4)CC3)nc2c1.O=C(O)C(F)(F)F. The molecule has 2 fully saturated rings. The predicted octanol–water partition coefficient (Wildman–Crippen LogP) is 4.12. The fourth-order valence-electron chi connectivity index (χ4n) is 3.96. The first-order chi connectivity index (χ1) is 20.1. The third-order valence-corrected chi connectivity index (χ3v) is 8.08.